The van der Waals surface area contributed by atoms with Crippen LogP contribution in [0.25, 0.3) is 0 Å². The number of aryl methyl sites for hydroxylation is 1. The van der Waals surface area contributed by atoms with Gasteiger partial charge in [-0.2, -0.15) is 0 Å². The van der Waals surface area contributed by atoms with Gasteiger partial charge in [-0.05, 0) is 19.8 Å². The van der Waals surface area contributed by atoms with Crippen molar-refractivity contribution in [2.45, 2.75) is 19.8 Å². The third-order valence-corrected chi connectivity index (χ3v) is 2.00. The van der Waals surface area contributed by atoms with Gasteiger partial charge in [-0.25, -0.2) is 0 Å². The number of hydrogen-bond donors (Lipinski definition) is 0. The fraction of sp³-hybridized carbons (Fsp3) is 0.273. The second kappa shape index (κ2) is 5.17. The normalized spacial score (nSPS) is 10.6. The van der Waals surface area contributed by atoms with Crippen LogP contribution in [0.2, 0.25) is 0 Å². The fourth-order valence-electron chi connectivity index (χ4n) is 1.31. The van der Waals surface area contributed by atoms with E-state index in [2.05, 4.69) is 0 Å². The van der Waals surface area contributed by atoms with Crippen LogP contribution in [0.3, 0.4) is 0 Å². The lowest BCUT2D eigenvalue weighted by Crippen LogP contribution is -1.94. The van der Waals surface area contributed by atoms with Gasteiger partial charge >= 0.3 is 0 Å². The Kier molecular flexibility index (Phi) is 3.85. The lowest BCUT2D eigenvalue weighted by Gasteiger charge is -1.99. The van der Waals surface area contributed by atoms with Crippen LogP contribution >= 0.6 is 0 Å². The van der Waals surface area contributed by atoms with Gasteiger partial charge < -0.3 is 0 Å². The van der Waals surface area contributed by atoms with Gasteiger partial charge in [0.25, 0.3) is 5.69 Å². The van der Waals surface area contributed by atoms with Gasteiger partial charge in [0.2, 0.25) is 0 Å². The number of rotatable bonds is 4. The maximum atomic E-state index is 10.6. The molecule has 0 aliphatic rings. The van der Waals surface area contributed by atoms with Crippen LogP contribution in [0.1, 0.15) is 18.9 Å². The number of para-hydroxylation sites is 1. The summed E-state index contributed by atoms with van der Waals surface area (Å²) in [5.74, 6) is 0. The van der Waals surface area contributed by atoms with Gasteiger partial charge in [0.15, 0.2) is 0 Å². The Balaban J connectivity index is 2.79. The lowest BCUT2D eigenvalue weighted by molar-refractivity contribution is -0.385. The van der Waals surface area contributed by atoms with Gasteiger partial charge in [-0.15, -0.1) is 0 Å². The molecule has 1 aromatic carbocycles. The van der Waals surface area contributed by atoms with E-state index >= 15 is 0 Å². The number of hydrogen-bond acceptors (Lipinski definition) is 2. The van der Waals surface area contributed by atoms with Gasteiger partial charge in [0.05, 0.1) is 4.92 Å². The smallest absolute Gasteiger partial charge is 0.258 e. The highest BCUT2D eigenvalue weighted by molar-refractivity contribution is 5.39. The van der Waals surface area contributed by atoms with E-state index in [1.807, 2.05) is 31.2 Å². The number of allylic oxidation sites excluding steroid dienone is 2. The molecular formula is C11H13NO2. The van der Waals surface area contributed by atoms with Gasteiger partial charge in [-0.3, -0.25) is 10.1 Å². The van der Waals surface area contributed by atoms with Crippen molar-refractivity contribution in [1.82, 2.24) is 0 Å². The highest BCUT2D eigenvalue weighted by atomic mass is 16.6. The van der Waals surface area contributed by atoms with Crippen molar-refractivity contribution in [2.75, 3.05) is 0 Å². The van der Waals surface area contributed by atoms with Crippen LogP contribution in [-0.2, 0) is 6.42 Å². The van der Waals surface area contributed by atoms with Gasteiger partial charge in [0, 0.05) is 11.6 Å². The third-order valence-electron chi connectivity index (χ3n) is 2.00. The summed E-state index contributed by atoms with van der Waals surface area (Å²) in [5.41, 5.74) is 1.02. The Morgan fingerprint density at radius 1 is 1.43 bits per heavy atom. The molecule has 1 rings (SSSR count). The molecule has 0 saturated heterocycles. The lowest BCUT2D eigenvalue weighted by atomic mass is 10.1. The Bertz CT molecular complexity index is 345. The molecule has 0 heterocycles. The molecule has 0 aliphatic carbocycles. The van der Waals surface area contributed by atoms with E-state index in [4.69, 9.17) is 0 Å². The van der Waals surface area contributed by atoms with E-state index in [0.29, 0.717) is 0 Å². The van der Waals surface area contributed by atoms with E-state index in [1.165, 1.54) is 0 Å². The minimum atomic E-state index is -0.328. The summed E-state index contributed by atoms with van der Waals surface area (Å²) in [6.07, 6.45) is 5.54. The van der Waals surface area contributed by atoms with Gasteiger partial charge in [-0.1, -0.05) is 30.4 Å². The first kappa shape index (κ1) is 10.4. The van der Waals surface area contributed by atoms with E-state index in [-0.39, 0.29) is 10.6 Å². The zero-order valence-electron chi connectivity index (χ0n) is 8.14. The number of nitro groups is 1. The van der Waals surface area contributed by atoms with E-state index in [9.17, 15) is 10.1 Å². The standard InChI is InChI=1S/C11H13NO2/c1-2-3-4-7-10-8-5-6-9-11(10)12(13)14/h2-3,5-6,8-9H,4,7H2,1H3. The molecule has 0 amide bonds. The quantitative estimate of drug-likeness (QED) is 0.417. The van der Waals surface area contributed by atoms with Crippen LogP contribution in [0.15, 0.2) is 36.4 Å². The molecule has 1 aromatic rings. The van der Waals surface area contributed by atoms with Crippen molar-refractivity contribution in [3.63, 3.8) is 0 Å². The largest absolute Gasteiger partial charge is 0.272 e. The summed E-state index contributed by atoms with van der Waals surface area (Å²) in [7, 11) is 0. The Morgan fingerprint density at radius 2 is 2.14 bits per heavy atom. The van der Waals surface area contributed by atoms with Crippen LogP contribution in [0, 0.1) is 10.1 Å². The van der Waals surface area contributed by atoms with Crippen molar-refractivity contribution in [1.29, 1.82) is 0 Å². The van der Waals surface area contributed by atoms with E-state index < -0.39 is 0 Å². The topological polar surface area (TPSA) is 43.1 Å². The second-order valence-corrected chi connectivity index (χ2v) is 2.99. The SMILES string of the molecule is CC=CCCc1ccccc1[N+](=O)[O-]. The number of nitrogens with zero attached hydrogens (tertiary/aromatic N) is 1. The third kappa shape index (κ3) is 2.69. The molecule has 0 fully saturated rings. The fourth-order valence-corrected chi connectivity index (χ4v) is 1.31. The summed E-state index contributed by atoms with van der Waals surface area (Å²) in [4.78, 5) is 10.3. The average molecular weight is 191 g/mol. The summed E-state index contributed by atoms with van der Waals surface area (Å²) in [6.45, 7) is 1.94. The molecule has 0 radical (unpaired) electrons. The first-order valence-corrected chi connectivity index (χ1v) is 4.59. The van der Waals surface area contributed by atoms with Crippen molar-refractivity contribution < 1.29 is 4.92 Å². The zero-order chi connectivity index (χ0) is 10.4. The Morgan fingerprint density at radius 3 is 2.79 bits per heavy atom. The highest BCUT2D eigenvalue weighted by Gasteiger charge is 2.10. The van der Waals surface area contributed by atoms with Crippen LogP contribution < -0.4 is 0 Å². The minimum absolute atomic E-state index is 0.219. The zero-order valence-corrected chi connectivity index (χ0v) is 8.14. The summed E-state index contributed by atoms with van der Waals surface area (Å²) in [6, 6.07) is 6.88. The van der Waals surface area contributed by atoms with E-state index in [0.717, 1.165) is 18.4 Å². The molecule has 0 saturated carbocycles. The molecule has 14 heavy (non-hydrogen) atoms. The first-order valence-electron chi connectivity index (χ1n) is 4.59. The molecule has 0 atom stereocenters. The van der Waals surface area contributed by atoms with Crippen LogP contribution in [0.4, 0.5) is 5.69 Å². The predicted octanol–water partition coefficient (Wildman–Crippen LogP) is 3.10. The molecule has 0 N–H and O–H groups in total. The molecular weight excluding hydrogens is 178 g/mol. The minimum Gasteiger partial charge on any atom is -0.258 e. The highest BCUT2D eigenvalue weighted by Crippen LogP contribution is 2.18. The average Bonchev–Trinajstić information content (AvgIpc) is 2.19. The van der Waals surface area contributed by atoms with Crippen molar-refractivity contribution in [3.8, 4) is 0 Å². The van der Waals surface area contributed by atoms with Crippen molar-refractivity contribution >= 4 is 5.69 Å². The molecule has 0 aliphatic heterocycles. The predicted molar refractivity (Wildman–Crippen MR) is 56.2 cm³/mol. The summed E-state index contributed by atoms with van der Waals surface area (Å²) < 4.78 is 0. The monoisotopic (exact) mass is 191 g/mol. The maximum absolute atomic E-state index is 10.6. The van der Waals surface area contributed by atoms with Crippen molar-refractivity contribution in [2.24, 2.45) is 0 Å². The number of nitro benzene ring substituents is 1. The Hall–Kier alpha value is -1.64. The molecule has 3 nitrogen and oxygen atoms in total. The Labute approximate surface area is 83.2 Å². The molecule has 0 unspecified atom stereocenters. The molecule has 74 valence electrons. The number of benzene rings is 1. The van der Waals surface area contributed by atoms with Crippen molar-refractivity contribution in [3.05, 3.63) is 52.1 Å². The first-order chi connectivity index (χ1) is 6.75. The summed E-state index contributed by atoms with van der Waals surface area (Å²) in [5, 5.41) is 10.6. The van der Waals surface area contributed by atoms with E-state index in [1.54, 1.807) is 12.1 Å². The molecule has 0 spiro atoms. The van der Waals surface area contributed by atoms with Gasteiger partial charge in [0.1, 0.15) is 0 Å². The second-order valence-electron chi connectivity index (χ2n) is 2.99. The van der Waals surface area contributed by atoms with Crippen LogP contribution in [0.5, 0.6) is 0 Å². The summed E-state index contributed by atoms with van der Waals surface area (Å²) >= 11 is 0. The maximum Gasteiger partial charge on any atom is 0.272 e. The molecule has 0 aromatic heterocycles. The molecule has 0 bridgehead atoms. The molecule has 3 heteroatoms. The van der Waals surface area contributed by atoms with Crippen LogP contribution in [-0.4, -0.2) is 4.92 Å².